The maximum Gasteiger partial charge on any atom is 0.266 e. The number of thioether (sulfide) groups is 1. The first-order chi connectivity index (χ1) is 18.9. The van der Waals surface area contributed by atoms with Crippen molar-refractivity contribution in [3.63, 3.8) is 0 Å². The van der Waals surface area contributed by atoms with Gasteiger partial charge in [0, 0.05) is 25.8 Å². The SMILES string of the molecule is COc1cc(/C=C2\SC(=Nc3ccc(N4CCOCC4)cc3)N(C)C2=O)cc(Br)c1OCc1cccc(C)c1. The first-order valence-corrected chi connectivity index (χ1v) is 14.3. The summed E-state index contributed by atoms with van der Waals surface area (Å²) < 4.78 is 17.9. The molecule has 2 aliphatic rings. The van der Waals surface area contributed by atoms with Crippen LogP contribution in [0.15, 0.2) is 75.0 Å². The summed E-state index contributed by atoms with van der Waals surface area (Å²) in [6, 6.07) is 20.1. The highest BCUT2D eigenvalue weighted by Gasteiger charge is 2.30. The standard InChI is InChI=1S/C30H30BrN3O4S/c1-20-5-4-6-21(15-20)19-38-28-25(31)16-22(17-26(28)36-3)18-27-29(35)33(2)30(39-27)32-23-7-9-24(10-8-23)34-11-13-37-14-12-34/h4-10,15-18H,11-14,19H2,1-3H3/b27-18-,32-30?. The number of anilines is 1. The molecule has 2 aliphatic heterocycles. The number of methoxy groups -OCH3 is 1. The zero-order chi connectivity index (χ0) is 27.4. The van der Waals surface area contributed by atoms with Crippen LogP contribution < -0.4 is 14.4 Å². The van der Waals surface area contributed by atoms with E-state index in [-0.39, 0.29) is 5.91 Å². The molecule has 0 N–H and O–H groups in total. The number of hydrogen-bond acceptors (Lipinski definition) is 7. The van der Waals surface area contributed by atoms with E-state index in [1.54, 1.807) is 19.1 Å². The van der Waals surface area contributed by atoms with Gasteiger partial charge in [-0.2, -0.15) is 0 Å². The van der Waals surface area contributed by atoms with E-state index in [9.17, 15) is 4.79 Å². The molecule has 0 aliphatic carbocycles. The minimum absolute atomic E-state index is 0.0986. The first kappa shape index (κ1) is 27.3. The van der Waals surface area contributed by atoms with Crippen molar-refractivity contribution in [2.75, 3.05) is 45.4 Å². The van der Waals surface area contributed by atoms with Crippen molar-refractivity contribution >= 4 is 56.2 Å². The Morgan fingerprint density at radius 3 is 2.59 bits per heavy atom. The second-order valence-corrected chi connectivity index (χ2v) is 11.2. The molecule has 0 saturated carbocycles. The Hall–Kier alpha value is -3.27. The molecular formula is C30H30BrN3O4S. The molecule has 0 radical (unpaired) electrons. The van der Waals surface area contributed by atoms with Crippen LogP contribution in [0.2, 0.25) is 0 Å². The normalized spacial score (nSPS) is 17.8. The third kappa shape index (κ3) is 6.49. The number of ether oxygens (including phenoxy) is 3. The van der Waals surface area contributed by atoms with Crippen molar-refractivity contribution in [2.24, 2.45) is 4.99 Å². The van der Waals surface area contributed by atoms with E-state index < -0.39 is 0 Å². The third-order valence-corrected chi connectivity index (χ3v) is 8.12. The lowest BCUT2D eigenvalue weighted by atomic mass is 10.1. The summed E-state index contributed by atoms with van der Waals surface area (Å²) in [7, 11) is 3.35. The van der Waals surface area contributed by atoms with Gasteiger partial charge in [-0.1, -0.05) is 29.8 Å². The van der Waals surface area contributed by atoms with Crippen molar-refractivity contribution in [2.45, 2.75) is 13.5 Å². The fourth-order valence-electron chi connectivity index (χ4n) is 4.39. The number of rotatable bonds is 7. The number of likely N-dealkylation sites (N-methyl/N-ethyl adjacent to an activating group) is 1. The molecule has 39 heavy (non-hydrogen) atoms. The van der Waals surface area contributed by atoms with E-state index in [2.05, 4.69) is 52.0 Å². The molecule has 0 spiro atoms. The van der Waals surface area contributed by atoms with Gasteiger partial charge >= 0.3 is 0 Å². The number of nitrogens with zero attached hydrogens (tertiary/aromatic N) is 3. The molecule has 3 aromatic carbocycles. The van der Waals surface area contributed by atoms with E-state index >= 15 is 0 Å². The average Bonchev–Trinajstić information content (AvgIpc) is 3.20. The molecule has 202 valence electrons. The molecule has 2 heterocycles. The Morgan fingerprint density at radius 2 is 1.87 bits per heavy atom. The molecule has 1 amide bonds. The predicted molar refractivity (Wildman–Crippen MR) is 161 cm³/mol. The van der Waals surface area contributed by atoms with Crippen LogP contribution in [-0.2, 0) is 16.1 Å². The largest absolute Gasteiger partial charge is 0.493 e. The summed E-state index contributed by atoms with van der Waals surface area (Å²) in [5.41, 5.74) is 5.03. The van der Waals surface area contributed by atoms with Crippen LogP contribution in [0.3, 0.4) is 0 Å². The molecule has 9 heteroatoms. The summed E-state index contributed by atoms with van der Waals surface area (Å²) in [5, 5.41) is 0.634. The smallest absolute Gasteiger partial charge is 0.266 e. The van der Waals surface area contributed by atoms with Gasteiger partial charge in [0.1, 0.15) is 6.61 Å². The maximum atomic E-state index is 13.0. The van der Waals surface area contributed by atoms with Crippen LogP contribution >= 0.6 is 27.7 Å². The van der Waals surface area contributed by atoms with Gasteiger partial charge in [-0.3, -0.25) is 9.69 Å². The highest BCUT2D eigenvalue weighted by molar-refractivity contribution is 9.10. The highest BCUT2D eigenvalue weighted by atomic mass is 79.9. The van der Waals surface area contributed by atoms with Crippen LogP contribution in [0.1, 0.15) is 16.7 Å². The fourth-order valence-corrected chi connectivity index (χ4v) is 5.95. The molecule has 0 unspecified atom stereocenters. The fraction of sp³-hybridized carbons (Fsp3) is 0.267. The van der Waals surface area contributed by atoms with Gasteiger partial charge in [-0.15, -0.1) is 0 Å². The van der Waals surface area contributed by atoms with Crippen molar-refractivity contribution in [1.82, 2.24) is 4.90 Å². The van der Waals surface area contributed by atoms with Gasteiger partial charge in [0.15, 0.2) is 16.7 Å². The summed E-state index contributed by atoms with van der Waals surface area (Å²) in [6.07, 6.45) is 1.85. The lowest BCUT2D eigenvalue weighted by Crippen LogP contribution is -2.36. The molecule has 0 atom stereocenters. The average molecular weight is 609 g/mol. The second kappa shape index (κ2) is 12.3. The van der Waals surface area contributed by atoms with Crippen molar-refractivity contribution < 1.29 is 19.0 Å². The van der Waals surface area contributed by atoms with Gasteiger partial charge in [0.05, 0.1) is 35.4 Å². The summed E-state index contributed by atoms with van der Waals surface area (Å²) >= 11 is 4.98. The molecule has 2 saturated heterocycles. The molecule has 0 bridgehead atoms. The minimum Gasteiger partial charge on any atom is -0.493 e. The number of amidine groups is 1. The van der Waals surface area contributed by atoms with Crippen LogP contribution in [0.5, 0.6) is 11.5 Å². The second-order valence-electron chi connectivity index (χ2n) is 9.30. The van der Waals surface area contributed by atoms with E-state index in [1.807, 2.05) is 42.5 Å². The van der Waals surface area contributed by atoms with Crippen LogP contribution in [0.4, 0.5) is 11.4 Å². The number of benzene rings is 3. The quantitative estimate of drug-likeness (QED) is 0.289. The zero-order valence-electron chi connectivity index (χ0n) is 22.1. The lowest BCUT2D eigenvalue weighted by Gasteiger charge is -2.28. The van der Waals surface area contributed by atoms with E-state index in [0.717, 1.165) is 53.3 Å². The summed E-state index contributed by atoms with van der Waals surface area (Å²) in [4.78, 5) is 22.2. The third-order valence-electron chi connectivity index (χ3n) is 6.47. The number of aliphatic imine (C=N–C) groups is 1. The summed E-state index contributed by atoms with van der Waals surface area (Å²) in [5.74, 6) is 1.10. The number of halogens is 1. The topological polar surface area (TPSA) is 63.6 Å². The van der Waals surface area contributed by atoms with Gasteiger partial charge in [-0.25, -0.2) is 4.99 Å². The Balaban J connectivity index is 1.32. The van der Waals surface area contributed by atoms with Crippen LogP contribution in [0.25, 0.3) is 6.08 Å². The van der Waals surface area contributed by atoms with Gasteiger partial charge < -0.3 is 19.1 Å². The number of morpholine rings is 1. The predicted octanol–water partition coefficient (Wildman–Crippen LogP) is 6.42. The van der Waals surface area contributed by atoms with Crippen molar-refractivity contribution in [1.29, 1.82) is 0 Å². The number of amides is 1. The van der Waals surface area contributed by atoms with E-state index in [4.69, 9.17) is 19.2 Å². The molecular weight excluding hydrogens is 578 g/mol. The number of carbonyl (C=O) groups is 1. The molecule has 0 aromatic heterocycles. The molecule has 7 nitrogen and oxygen atoms in total. The Labute approximate surface area is 241 Å². The number of hydrogen-bond donors (Lipinski definition) is 0. The Morgan fingerprint density at radius 1 is 1.10 bits per heavy atom. The number of aryl methyl sites for hydroxylation is 1. The van der Waals surface area contributed by atoms with E-state index in [0.29, 0.717) is 28.2 Å². The summed E-state index contributed by atoms with van der Waals surface area (Å²) in [6.45, 7) is 5.73. The highest BCUT2D eigenvalue weighted by Crippen LogP contribution is 2.39. The monoisotopic (exact) mass is 607 g/mol. The van der Waals surface area contributed by atoms with Crippen molar-refractivity contribution in [3.05, 3.63) is 86.7 Å². The van der Waals surface area contributed by atoms with Gasteiger partial charge in [-0.05, 0) is 88.2 Å². The van der Waals surface area contributed by atoms with Crippen LogP contribution in [-0.4, -0.2) is 56.4 Å². The minimum atomic E-state index is -0.0986. The Kier molecular flexibility index (Phi) is 8.60. The molecule has 3 aromatic rings. The van der Waals surface area contributed by atoms with Crippen molar-refractivity contribution in [3.8, 4) is 11.5 Å². The first-order valence-electron chi connectivity index (χ1n) is 12.7. The van der Waals surface area contributed by atoms with Gasteiger partial charge in [0.25, 0.3) is 5.91 Å². The Bertz CT molecular complexity index is 1420. The lowest BCUT2D eigenvalue weighted by molar-refractivity contribution is -0.121. The molecule has 2 fully saturated rings. The van der Waals surface area contributed by atoms with E-state index in [1.165, 1.54) is 17.3 Å². The van der Waals surface area contributed by atoms with Crippen LogP contribution in [0, 0.1) is 6.92 Å². The zero-order valence-corrected chi connectivity index (χ0v) is 24.5. The maximum absolute atomic E-state index is 13.0. The molecule has 5 rings (SSSR count). The van der Waals surface area contributed by atoms with Gasteiger partial charge in [0.2, 0.25) is 0 Å². The number of carbonyl (C=O) groups excluding carboxylic acids is 1.